The van der Waals surface area contributed by atoms with Gasteiger partial charge in [0.05, 0.1) is 12.2 Å². The molecule has 0 amide bonds. The van der Waals surface area contributed by atoms with Crippen LogP contribution in [-0.2, 0) is 9.53 Å². The number of esters is 1. The Balaban J connectivity index is 2.28. The molecule has 0 unspecified atom stereocenters. The summed E-state index contributed by atoms with van der Waals surface area (Å²) in [5, 5.41) is 16.2. The molecule has 0 aliphatic carbocycles. The van der Waals surface area contributed by atoms with E-state index in [2.05, 4.69) is 5.11 Å². The molecule has 0 aliphatic heterocycles. The Bertz CT molecular complexity index is 694. The number of azo groups is 1. The molecular formula is C17H16N2O3. The fraction of sp³-hybridized carbons (Fsp3) is 0.118. The van der Waals surface area contributed by atoms with E-state index in [1.54, 1.807) is 61.5 Å². The number of carbonyl (C=O) groups is 1. The predicted octanol–water partition coefficient (Wildman–Crippen LogP) is 4.19. The molecule has 5 nitrogen and oxygen atoms in total. The summed E-state index contributed by atoms with van der Waals surface area (Å²) >= 11 is 0. The second-order valence-corrected chi connectivity index (χ2v) is 4.35. The molecule has 0 bridgehead atoms. The molecule has 22 heavy (non-hydrogen) atoms. The highest BCUT2D eigenvalue weighted by molar-refractivity contribution is 5.87. The highest BCUT2D eigenvalue weighted by atomic mass is 16.5. The molecule has 0 radical (unpaired) electrons. The van der Waals surface area contributed by atoms with E-state index in [1.807, 2.05) is 6.07 Å². The summed E-state index contributed by atoms with van der Waals surface area (Å²) in [6.45, 7) is 2.04. The topological polar surface area (TPSA) is 64.7 Å². The van der Waals surface area contributed by atoms with Crippen molar-refractivity contribution in [1.82, 2.24) is 0 Å². The third-order valence-electron chi connectivity index (χ3n) is 2.79. The number of benzene rings is 2. The zero-order valence-corrected chi connectivity index (χ0v) is 12.2. The van der Waals surface area contributed by atoms with Crippen molar-refractivity contribution >= 4 is 23.4 Å². The first-order chi connectivity index (χ1) is 10.7. The van der Waals surface area contributed by atoms with Crippen LogP contribution >= 0.6 is 0 Å². The van der Waals surface area contributed by atoms with E-state index in [9.17, 15) is 10.0 Å². The molecule has 0 heterocycles. The lowest BCUT2D eigenvalue weighted by atomic mass is 10.1. The number of hydrogen-bond donors (Lipinski definition) is 0. The molecule has 5 heteroatoms. The van der Waals surface area contributed by atoms with Gasteiger partial charge in [0.1, 0.15) is 5.69 Å². The van der Waals surface area contributed by atoms with Crippen LogP contribution in [0.15, 0.2) is 65.8 Å². The lowest BCUT2D eigenvalue weighted by molar-refractivity contribution is -0.435. The summed E-state index contributed by atoms with van der Waals surface area (Å²) in [5.74, 6) is -0.449. The number of carbonyl (C=O) groups excluding carboxylic acids is 1. The highest BCUT2D eigenvalue weighted by Gasteiger charge is 2.09. The van der Waals surface area contributed by atoms with Crippen LogP contribution in [-0.4, -0.2) is 17.4 Å². The minimum atomic E-state index is -0.449. The Kier molecular flexibility index (Phi) is 5.43. The fourth-order valence-corrected chi connectivity index (χ4v) is 1.80. The van der Waals surface area contributed by atoms with Crippen LogP contribution in [0.4, 0.5) is 11.4 Å². The second-order valence-electron chi connectivity index (χ2n) is 4.35. The van der Waals surface area contributed by atoms with Crippen molar-refractivity contribution < 1.29 is 14.4 Å². The normalized spacial score (nSPS) is 11.6. The van der Waals surface area contributed by atoms with Crippen molar-refractivity contribution in [3.8, 4) is 0 Å². The first kappa shape index (κ1) is 15.4. The molecule has 0 spiro atoms. The molecular weight excluding hydrogens is 280 g/mol. The SMILES string of the molecule is CCOC(=O)/C=C/c1ccccc1[N+]([O-])=Nc1ccccc1. The number of ether oxygens (including phenoxy) is 1. The third-order valence-corrected chi connectivity index (χ3v) is 2.79. The van der Waals surface area contributed by atoms with Crippen molar-refractivity contribution in [2.45, 2.75) is 6.92 Å². The van der Waals surface area contributed by atoms with E-state index in [1.165, 1.54) is 6.08 Å². The summed E-state index contributed by atoms with van der Waals surface area (Å²) in [7, 11) is 0. The molecule has 2 aromatic rings. The average Bonchev–Trinajstić information content (AvgIpc) is 2.54. The van der Waals surface area contributed by atoms with Gasteiger partial charge in [0, 0.05) is 17.3 Å². The quantitative estimate of drug-likeness (QED) is 0.273. The first-order valence-corrected chi connectivity index (χ1v) is 6.88. The maximum atomic E-state index is 12.2. The van der Waals surface area contributed by atoms with Crippen LogP contribution in [0.1, 0.15) is 12.5 Å². The molecule has 0 saturated carbocycles. The Hall–Kier alpha value is -2.95. The van der Waals surface area contributed by atoms with Crippen LogP contribution in [0.5, 0.6) is 0 Å². The minimum Gasteiger partial charge on any atom is -0.594 e. The van der Waals surface area contributed by atoms with Crippen LogP contribution in [0.2, 0.25) is 0 Å². The van der Waals surface area contributed by atoms with Gasteiger partial charge in [0.15, 0.2) is 0 Å². The fourth-order valence-electron chi connectivity index (χ4n) is 1.80. The van der Waals surface area contributed by atoms with E-state index in [4.69, 9.17) is 4.74 Å². The summed E-state index contributed by atoms with van der Waals surface area (Å²) < 4.78 is 4.82. The van der Waals surface area contributed by atoms with Gasteiger partial charge in [-0.1, -0.05) is 30.3 Å². The van der Waals surface area contributed by atoms with Gasteiger partial charge in [0.2, 0.25) is 0 Å². The summed E-state index contributed by atoms with van der Waals surface area (Å²) in [6.07, 6.45) is 2.83. The lowest BCUT2D eigenvalue weighted by Crippen LogP contribution is -1.99. The van der Waals surface area contributed by atoms with E-state index >= 15 is 0 Å². The Labute approximate surface area is 128 Å². The molecule has 0 N–H and O–H groups in total. The maximum Gasteiger partial charge on any atom is 0.330 e. The van der Waals surface area contributed by atoms with E-state index in [-0.39, 0.29) is 0 Å². The van der Waals surface area contributed by atoms with Crippen LogP contribution in [0, 0.1) is 5.21 Å². The van der Waals surface area contributed by atoms with Gasteiger partial charge in [-0.25, -0.2) is 4.79 Å². The van der Waals surface area contributed by atoms with Gasteiger partial charge >= 0.3 is 5.97 Å². The van der Waals surface area contributed by atoms with Crippen LogP contribution in [0.3, 0.4) is 0 Å². The van der Waals surface area contributed by atoms with Gasteiger partial charge in [0.25, 0.3) is 5.69 Å². The summed E-state index contributed by atoms with van der Waals surface area (Å²) in [5.41, 5.74) is 1.50. The van der Waals surface area contributed by atoms with E-state index in [0.717, 1.165) is 0 Å². The van der Waals surface area contributed by atoms with Crippen molar-refractivity contribution in [1.29, 1.82) is 0 Å². The molecule has 0 aromatic heterocycles. The molecule has 0 aliphatic rings. The van der Waals surface area contributed by atoms with Crippen LogP contribution < -0.4 is 0 Å². The zero-order chi connectivity index (χ0) is 15.8. The second kappa shape index (κ2) is 7.73. The predicted molar refractivity (Wildman–Crippen MR) is 83.9 cm³/mol. The molecule has 0 atom stereocenters. The van der Waals surface area contributed by atoms with E-state index < -0.39 is 5.97 Å². The molecule has 0 saturated heterocycles. The lowest BCUT2D eigenvalue weighted by Gasteiger charge is -2.03. The summed E-state index contributed by atoms with van der Waals surface area (Å²) in [6, 6.07) is 15.8. The zero-order valence-electron chi connectivity index (χ0n) is 12.2. The molecule has 112 valence electrons. The molecule has 0 fully saturated rings. The largest absolute Gasteiger partial charge is 0.594 e. The van der Waals surface area contributed by atoms with Crippen molar-refractivity contribution in [3.63, 3.8) is 0 Å². The number of rotatable bonds is 5. The smallest absolute Gasteiger partial charge is 0.330 e. The Morgan fingerprint density at radius 1 is 1.18 bits per heavy atom. The monoisotopic (exact) mass is 296 g/mol. The van der Waals surface area contributed by atoms with Gasteiger partial charge in [-0.2, -0.15) is 0 Å². The Morgan fingerprint density at radius 3 is 2.59 bits per heavy atom. The van der Waals surface area contributed by atoms with Crippen LogP contribution in [0.25, 0.3) is 6.08 Å². The van der Waals surface area contributed by atoms with Crippen molar-refractivity contribution in [2.75, 3.05) is 6.61 Å². The number of nitrogens with zero attached hydrogens (tertiary/aromatic N) is 2. The van der Waals surface area contributed by atoms with Crippen molar-refractivity contribution in [3.05, 3.63) is 71.4 Å². The number of hydrogen-bond acceptors (Lipinski definition) is 4. The highest BCUT2D eigenvalue weighted by Crippen LogP contribution is 2.22. The number of para-hydroxylation sites is 1. The Morgan fingerprint density at radius 2 is 1.86 bits per heavy atom. The third kappa shape index (κ3) is 4.28. The van der Waals surface area contributed by atoms with Gasteiger partial charge in [-0.05, 0) is 36.1 Å². The molecule has 2 rings (SSSR count). The molecule has 2 aromatic carbocycles. The van der Waals surface area contributed by atoms with Gasteiger partial charge in [-0.15, -0.1) is 0 Å². The van der Waals surface area contributed by atoms with Crippen molar-refractivity contribution in [2.24, 2.45) is 5.11 Å². The maximum absolute atomic E-state index is 12.2. The van der Waals surface area contributed by atoms with Gasteiger partial charge < -0.3 is 9.94 Å². The summed E-state index contributed by atoms with van der Waals surface area (Å²) in [4.78, 5) is 11.9. The van der Waals surface area contributed by atoms with Gasteiger partial charge in [-0.3, -0.25) is 0 Å². The standard InChI is InChI=1S/C17H16N2O3/c1-2-22-17(20)13-12-14-8-6-7-11-16(14)19(21)18-15-9-4-3-5-10-15/h3-13H,2H2,1H3/b13-12+,19-18?. The first-order valence-electron chi connectivity index (χ1n) is 6.88. The minimum absolute atomic E-state index is 0.307. The van der Waals surface area contributed by atoms with E-state index in [0.29, 0.717) is 28.4 Å². The average molecular weight is 296 g/mol.